The molecule has 0 aromatic heterocycles. The maximum atomic E-state index is 4.13. The fraction of sp³-hybridized carbons (Fsp3) is 0.143. The van der Waals surface area contributed by atoms with Crippen LogP contribution in [-0.4, -0.2) is 0 Å². The number of nitrogens with two attached hydrogens (primary N) is 1. The molecule has 0 fully saturated rings. The Labute approximate surface area is 113 Å². The Hall–Kier alpha value is -1.71. The van der Waals surface area contributed by atoms with Gasteiger partial charge in [-0.2, -0.15) is 5.43 Å². The molecule has 4 heteroatoms. The number of hydrogen-bond acceptors (Lipinski definition) is 2. The smallest absolute Gasteiger partial charge is 0.157 e. The van der Waals surface area contributed by atoms with Crippen LogP contribution in [0, 0.1) is 13.8 Å². The van der Waals surface area contributed by atoms with Crippen molar-refractivity contribution in [3.8, 4) is 0 Å². The van der Waals surface area contributed by atoms with Gasteiger partial charge >= 0.3 is 0 Å². The molecule has 0 amide bonds. The normalized spacial score (nSPS) is 10.3. The third-order valence-corrected chi connectivity index (χ3v) is 2.49. The Bertz CT molecular complexity index is 504. The van der Waals surface area contributed by atoms with Crippen molar-refractivity contribution in [3.05, 3.63) is 59.7 Å². The van der Waals surface area contributed by atoms with Gasteiger partial charge in [0.05, 0.1) is 5.69 Å². The molecule has 0 aliphatic heterocycles. The number of rotatable bonds is 3. The van der Waals surface area contributed by atoms with Crippen LogP contribution < -0.4 is 17.8 Å². The van der Waals surface area contributed by atoms with E-state index in [1.165, 1.54) is 11.1 Å². The first-order valence-corrected chi connectivity index (χ1v) is 5.61. The third-order valence-electron chi connectivity index (χ3n) is 2.49. The van der Waals surface area contributed by atoms with E-state index in [2.05, 4.69) is 36.3 Å². The summed E-state index contributed by atoms with van der Waals surface area (Å²) in [6.45, 7) is 4.12. The second kappa shape index (κ2) is 6.89. The van der Waals surface area contributed by atoms with Crippen LogP contribution in [0.3, 0.4) is 0 Å². The minimum atomic E-state index is 0. The standard InChI is InChI=1S/C14H15N3.ClH/c1-11-3-7-13(8-4-11)15-17-16-14-9-5-12(2)6-10-14;/h3-10H,1-2H3,(H,15,16);1H. The van der Waals surface area contributed by atoms with Crippen LogP contribution in [0.2, 0.25) is 0 Å². The monoisotopic (exact) mass is 261 g/mol. The van der Waals surface area contributed by atoms with Gasteiger partial charge in [-0.25, -0.2) is 0 Å². The topological polar surface area (TPSA) is 41.3 Å². The first-order valence-electron chi connectivity index (χ1n) is 5.61. The highest BCUT2D eigenvalue weighted by Gasteiger charge is 1.94. The molecule has 0 atom stereocenters. The van der Waals surface area contributed by atoms with Crippen molar-refractivity contribution in [2.45, 2.75) is 13.8 Å². The highest BCUT2D eigenvalue weighted by molar-refractivity contribution is 5.37. The summed E-state index contributed by atoms with van der Waals surface area (Å²) < 4.78 is 0. The zero-order valence-corrected chi connectivity index (χ0v) is 11.2. The lowest BCUT2D eigenvalue weighted by Crippen LogP contribution is -3.00. The number of aryl methyl sites for hydroxylation is 2. The molecule has 0 saturated carbocycles. The second-order valence-electron chi connectivity index (χ2n) is 4.09. The van der Waals surface area contributed by atoms with E-state index in [-0.39, 0.29) is 12.4 Å². The quantitative estimate of drug-likeness (QED) is 0.355. The van der Waals surface area contributed by atoms with Crippen molar-refractivity contribution in [1.29, 1.82) is 0 Å². The van der Waals surface area contributed by atoms with Crippen LogP contribution in [0.4, 0.5) is 11.4 Å². The first kappa shape index (κ1) is 14.4. The van der Waals surface area contributed by atoms with Crippen molar-refractivity contribution in [2.24, 2.45) is 10.3 Å². The van der Waals surface area contributed by atoms with Crippen molar-refractivity contribution >= 4 is 11.4 Å². The lowest BCUT2D eigenvalue weighted by atomic mass is 10.2. The molecule has 2 rings (SSSR count). The minimum absolute atomic E-state index is 0. The summed E-state index contributed by atoms with van der Waals surface area (Å²) in [7, 11) is 0. The number of benzene rings is 2. The summed E-state index contributed by atoms with van der Waals surface area (Å²) in [5.41, 5.74) is 6.17. The lowest BCUT2D eigenvalue weighted by Gasteiger charge is -1.94. The highest BCUT2D eigenvalue weighted by atomic mass is 35.5. The summed E-state index contributed by atoms with van der Waals surface area (Å²) >= 11 is 0. The molecule has 0 radical (unpaired) electrons. The van der Waals surface area contributed by atoms with E-state index in [1.807, 2.05) is 36.4 Å². The Morgan fingerprint density at radius 3 is 1.83 bits per heavy atom. The molecule has 2 N–H and O–H groups in total. The molecule has 0 aliphatic carbocycles. The molecule has 2 aromatic rings. The number of halogens is 1. The summed E-state index contributed by atoms with van der Waals surface area (Å²) in [5, 5.41) is 8.21. The van der Waals surface area contributed by atoms with Crippen LogP contribution in [0.15, 0.2) is 58.9 Å². The highest BCUT2D eigenvalue weighted by Crippen LogP contribution is 2.11. The van der Waals surface area contributed by atoms with Crippen molar-refractivity contribution < 1.29 is 17.8 Å². The predicted octanol–water partition coefficient (Wildman–Crippen LogP) is 0.201. The van der Waals surface area contributed by atoms with Gasteiger partial charge in [0.1, 0.15) is 0 Å². The zero-order valence-electron chi connectivity index (χ0n) is 10.5. The van der Waals surface area contributed by atoms with Gasteiger partial charge in [-0.15, -0.1) is 5.11 Å². The largest absolute Gasteiger partial charge is 1.00 e. The predicted molar refractivity (Wildman–Crippen MR) is 68.5 cm³/mol. The van der Waals surface area contributed by atoms with Crippen molar-refractivity contribution in [2.75, 3.05) is 0 Å². The molecule has 18 heavy (non-hydrogen) atoms. The number of nitrogens with zero attached hydrogens (tertiary/aromatic N) is 2. The van der Waals surface area contributed by atoms with E-state index >= 15 is 0 Å². The van der Waals surface area contributed by atoms with Gasteiger partial charge in [0.2, 0.25) is 0 Å². The van der Waals surface area contributed by atoms with Crippen LogP contribution in [-0.2, 0) is 0 Å². The number of quaternary nitrogens is 1. The SMILES string of the molecule is Cc1ccc(N=N[NH2+]c2ccc(C)cc2)cc1.[Cl-]. The summed E-state index contributed by atoms with van der Waals surface area (Å²) in [6, 6.07) is 16.2. The van der Waals surface area contributed by atoms with E-state index < -0.39 is 0 Å². The van der Waals surface area contributed by atoms with Gasteiger partial charge in [-0.05, 0) is 26.0 Å². The van der Waals surface area contributed by atoms with Gasteiger partial charge in [0.15, 0.2) is 5.69 Å². The molecule has 3 nitrogen and oxygen atoms in total. The molecule has 0 spiro atoms. The molecule has 2 aromatic carbocycles. The Kier molecular flexibility index (Phi) is 5.49. The minimum Gasteiger partial charge on any atom is -1.00 e. The second-order valence-corrected chi connectivity index (χ2v) is 4.09. The average Bonchev–Trinajstić information content (AvgIpc) is 2.34. The summed E-state index contributed by atoms with van der Waals surface area (Å²) in [5.74, 6) is 0. The van der Waals surface area contributed by atoms with E-state index in [4.69, 9.17) is 0 Å². The molecule has 0 saturated heterocycles. The van der Waals surface area contributed by atoms with Crippen molar-refractivity contribution in [1.82, 2.24) is 0 Å². The van der Waals surface area contributed by atoms with Crippen LogP contribution in [0.1, 0.15) is 11.1 Å². The Morgan fingerprint density at radius 2 is 1.28 bits per heavy atom. The van der Waals surface area contributed by atoms with Gasteiger partial charge in [0, 0.05) is 17.4 Å². The lowest BCUT2D eigenvalue weighted by molar-refractivity contribution is -0.585. The van der Waals surface area contributed by atoms with E-state index in [0.717, 1.165) is 11.4 Å². The molecule has 0 aliphatic rings. The molecule has 0 bridgehead atoms. The van der Waals surface area contributed by atoms with Gasteiger partial charge in [0.25, 0.3) is 0 Å². The number of hydrogen-bond donors (Lipinski definition) is 1. The Balaban J connectivity index is 0.00000162. The molecular weight excluding hydrogens is 246 g/mol. The first-order chi connectivity index (χ1) is 8.24. The average molecular weight is 262 g/mol. The molecular formula is C14H16ClN3. The fourth-order valence-electron chi connectivity index (χ4n) is 1.43. The maximum absolute atomic E-state index is 4.13. The van der Waals surface area contributed by atoms with Crippen molar-refractivity contribution in [3.63, 3.8) is 0 Å². The molecule has 94 valence electrons. The third kappa shape index (κ3) is 4.28. The van der Waals surface area contributed by atoms with Crippen LogP contribution >= 0.6 is 0 Å². The van der Waals surface area contributed by atoms with Crippen LogP contribution in [0.25, 0.3) is 0 Å². The van der Waals surface area contributed by atoms with Gasteiger partial charge in [-0.3, -0.25) is 0 Å². The summed E-state index contributed by atoms with van der Waals surface area (Å²) in [4.78, 5) is 0. The molecule has 0 heterocycles. The van der Waals surface area contributed by atoms with Crippen LogP contribution in [0.5, 0.6) is 0 Å². The Morgan fingerprint density at radius 1 is 0.778 bits per heavy atom. The van der Waals surface area contributed by atoms with Gasteiger partial charge in [-0.1, -0.05) is 35.4 Å². The van der Waals surface area contributed by atoms with E-state index in [1.54, 1.807) is 5.43 Å². The summed E-state index contributed by atoms with van der Waals surface area (Å²) in [6.07, 6.45) is 0. The zero-order chi connectivity index (χ0) is 12.1. The maximum Gasteiger partial charge on any atom is 0.157 e. The van der Waals surface area contributed by atoms with E-state index in [0.29, 0.717) is 0 Å². The molecule has 0 unspecified atom stereocenters. The fourth-order valence-corrected chi connectivity index (χ4v) is 1.43. The van der Waals surface area contributed by atoms with E-state index in [9.17, 15) is 0 Å². The van der Waals surface area contributed by atoms with Gasteiger partial charge < -0.3 is 12.4 Å².